The highest BCUT2D eigenvalue weighted by Gasteiger charge is 2.20. The predicted octanol–water partition coefficient (Wildman–Crippen LogP) is 7.16. The second-order valence-corrected chi connectivity index (χ2v) is 7.85. The second kappa shape index (κ2) is 6.07. The van der Waals surface area contributed by atoms with E-state index < -0.39 is 0 Å². The standard InChI is InChI=1S/C28H20/c1-2-6-19(7-3-1)14-20-10-11-22-16-24-17-23-13-12-21-8-4-5-9-25(21)27(23)18-28(24)26(22)15-20/h1-13,15,17-18H,14,16H2. The third-order valence-electron chi connectivity index (χ3n) is 6.07. The van der Waals surface area contributed by atoms with E-state index >= 15 is 0 Å². The van der Waals surface area contributed by atoms with Crippen molar-refractivity contribution in [1.29, 1.82) is 0 Å². The lowest BCUT2D eigenvalue weighted by molar-refractivity contribution is 1.18. The molecule has 0 amide bonds. The molecule has 0 spiro atoms. The largest absolute Gasteiger partial charge is 0.0622 e. The topological polar surface area (TPSA) is 0 Å². The first-order valence-electron chi connectivity index (χ1n) is 9.96. The van der Waals surface area contributed by atoms with Gasteiger partial charge < -0.3 is 0 Å². The lowest BCUT2D eigenvalue weighted by Gasteiger charge is -2.09. The normalized spacial score (nSPS) is 12.3. The van der Waals surface area contributed by atoms with E-state index in [4.69, 9.17) is 0 Å². The van der Waals surface area contributed by atoms with Crippen molar-refractivity contribution in [2.24, 2.45) is 0 Å². The van der Waals surface area contributed by atoms with Crippen LogP contribution in [0.4, 0.5) is 0 Å². The lowest BCUT2D eigenvalue weighted by Crippen LogP contribution is -1.89. The molecule has 0 unspecified atom stereocenters. The number of hydrogen-bond acceptors (Lipinski definition) is 0. The van der Waals surface area contributed by atoms with Crippen LogP contribution in [0.3, 0.4) is 0 Å². The number of benzene rings is 5. The molecule has 0 saturated heterocycles. The summed E-state index contributed by atoms with van der Waals surface area (Å²) in [5.41, 5.74) is 8.48. The van der Waals surface area contributed by atoms with Crippen LogP contribution in [0.5, 0.6) is 0 Å². The van der Waals surface area contributed by atoms with Gasteiger partial charge in [0, 0.05) is 0 Å². The van der Waals surface area contributed by atoms with Crippen LogP contribution in [0.2, 0.25) is 0 Å². The van der Waals surface area contributed by atoms with Crippen molar-refractivity contribution < 1.29 is 0 Å². The minimum Gasteiger partial charge on any atom is -0.0622 e. The summed E-state index contributed by atoms with van der Waals surface area (Å²) in [4.78, 5) is 0. The Kier molecular flexibility index (Phi) is 3.39. The van der Waals surface area contributed by atoms with Gasteiger partial charge in [0.15, 0.2) is 0 Å². The van der Waals surface area contributed by atoms with E-state index in [9.17, 15) is 0 Å². The highest BCUT2D eigenvalue weighted by molar-refractivity contribution is 6.09. The highest BCUT2D eigenvalue weighted by atomic mass is 14.2. The zero-order valence-corrected chi connectivity index (χ0v) is 15.7. The smallest absolute Gasteiger partial charge is 0.00132 e. The fourth-order valence-corrected chi connectivity index (χ4v) is 4.67. The van der Waals surface area contributed by atoms with Crippen molar-refractivity contribution in [3.05, 3.63) is 119 Å². The van der Waals surface area contributed by atoms with Crippen LogP contribution in [0, 0.1) is 0 Å². The van der Waals surface area contributed by atoms with Gasteiger partial charge >= 0.3 is 0 Å². The van der Waals surface area contributed by atoms with Crippen molar-refractivity contribution in [3.8, 4) is 11.1 Å². The van der Waals surface area contributed by atoms with Gasteiger partial charge in [-0.3, -0.25) is 0 Å². The van der Waals surface area contributed by atoms with Crippen LogP contribution in [0.25, 0.3) is 32.7 Å². The quantitative estimate of drug-likeness (QED) is 0.289. The SMILES string of the molecule is c1ccc(Cc2ccc3c(c2)-c2cc4c(ccc5ccccc54)cc2C3)cc1. The van der Waals surface area contributed by atoms with E-state index in [-0.39, 0.29) is 0 Å². The molecule has 0 nitrogen and oxygen atoms in total. The molecule has 132 valence electrons. The van der Waals surface area contributed by atoms with Gasteiger partial charge in [0.25, 0.3) is 0 Å². The Bertz CT molecular complexity index is 1340. The van der Waals surface area contributed by atoms with E-state index in [1.54, 1.807) is 0 Å². The Hall–Kier alpha value is -3.38. The van der Waals surface area contributed by atoms with Gasteiger partial charge in [0.2, 0.25) is 0 Å². The van der Waals surface area contributed by atoms with Crippen LogP contribution in [-0.4, -0.2) is 0 Å². The van der Waals surface area contributed by atoms with E-state index in [1.165, 1.54) is 54.9 Å². The average Bonchev–Trinajstić information content (AvgIpc) is 3.10. The monoisotopic (exact) mass is 356 g/mol. The van der Waals surface area contributed by atoms with Crippen LogP contribution >= 0.6 is 0 Å². The highest BCUT2D eigenvalue weighted by Crippen LogP contribution is 2.41. The number of rotatable bonds is 2. The number of fused-ring (bicyclic) bond motifs is 6. The molecule has 0 bridgehead atoms. The van der Waals surface area contributed by atoms with Gasteiger partial charge in [-0.1, -0.05) is 91.0 Å². The van der Waals surface area contributed by atoms with Gasteiger partial charge in [-0.05, 0) is 73.8 Å². The summed E-state index contributed by atoms with van der Waals surface area (Å²) in [6.07, 6.45) is 2.03. The number of hydrogen-bond donors (Lipinski definition) is 0. The van der Waals surface area contributed by atoms with E-state index in [0.717, 1.165) is 12.8 Å². The molecule has 0 heteroatoms. The zero-order chi connectivity index (χ0) is 18.5. The fourth-order valence-electron chi connectivity index (χ4n) is 4.67. The first kappa shape index (κ1) is 15.7. The molecule has 0 radical (unpaired) electrons. The molecular formula is C28H20. The molecule has 1 aliphatic rings. The van der Waals surface area contributed by atoms with Crippen LogP contribution in [0.1, 0.15) is 22.3 Å². The third kappa shape index (κ3) is 2.46. The molecular weight excluding hydrogens is 336 g/mol. The maximum atomic E-state index is 2.42. The van der Waals surface area contributed by atoms with E-state index in [2.05, 4.69) is 97.1 Å². The van der Waals surface area contributed by atoms with E-state index in [0.29, 0.717) is 0 Å². The predicted molar refractivity (Wildman–Crippen MR) is 119 cm³/mol. The van der Waals surface area contributed by atoms with Crippen molar-refractivity contribution in [1.82, 2.24) is 0 Å². The Labute approximate surface area is 165 Å². The van der Waals surface area contributed by atoms with Crippen molar-refractivity contribution in [3.63, 3.8) is 0 Å². The molecule has 5 aromatic rings. The molecule has 0 saturated carbocycles. The molecule has 0 aliphatic heterocycles. The summed E-state index contributed by atoms with van der Waals surface area (Å²) in [7, 11) is 0. The first-order valence-corrected chi connectivity index (χ1v) is 9.96. The minimum absolute atomic E-state index is 0.986. The van der Waals surface area contributed by atoms with Crippen molar-refractivity contribution in [2.45, 2.75) is 12.8 Å². The zero-order valence-electron chi connectivity index (χ0n) is 15.7. The minimum atomic E-state index is 0.986. The van der Waals surface area contributed by atoms with Crippen LogP contribution < -0.4 is 0 Å². The second-order valence-electron chi connectivity index (χ2n) is 7.85. The third-order valence-corrected chi connectivity index (χ3v) is 6.07. The van der Waals surface area contributed by atoms with Gasteiger partial charge in [-0.2, -0.15) is 0 Å². The molecule has 0 heterocycles. The summed E-state index contributed by atoms with van der Waals surface area (Å²) in [6, 6.07) is 35.8. The first-order chi connectivity index (χ1) is 13.8. The average molecular weight is 356 g/mol. The lowest BCUT2D eigenvalue weighted by atomic mass is 9.95. The molecule has 0 fully saturated rings. The molecule has 5 aromatic carbocycles. The van der Waals surface area contributed by atoms with Crippen molar-refractivity contribution in [2.75, 3.05) is 0 Å². The Morgan fingerprint density at radius 1 is 0.500 bits per heavy atom. The van der Waals surface area contributed by atoms with Gasteiger partial charge in [0.05, 0.1) is 0 Å². The molecule has 0 N–H and O–H groups in total. The van der Waals surface area contributed by atoms with Crippen LogP contribution in [-0.2, 0) is 12.8 Å². The molecule has 0 aromatic heterocycles. The van der Waals surface area contributed by atoms with Gasteiger partial charge in [-0.25, -0.2) is 0 Å². The molecule has 1 aliphatic carbocycles. The maximum Gasteiger partial charge on any atom is -0.00132 e. The summed E-state index contributed by atoms with van der Waals surface area (Å²) in [5, 5.41) is 5.36. The Morgan fingerprint density at radius 2 is 1.29 bits per heavy atom. The van der Waals surface area contributed by atoms with Crippen molar-refractivity contribution >= 4 is 21.5 Å². The molecule has 6 rings (SSSR count). The summed E-state index contributed by atoms with van der Waals surface area (Å²) < 4.78 is 0. The molecule has 28 heavy (non-hydrogen) atoms. The summed E-state index contributed by atoms with van der Waals surface area (Å²) in [5.74, 6) is 0. The van der Waals surface area contributed by atoms with Gasteiger partial charge in [-0.15, -0.1) is 0 Å². The van der Waals surface area contributed by atoms with Gasteiger partial charge in [0.1, 0.15) is 0 Å². The Balaban J connectivity index is 1.51. The van der Waals surface area contributed by atoms with E-state index in [1.807, 2.05) is 0 Å². The maximum absolute atomic E-state index is 2.42. The molecule has 0 atom stereocenters. The fraction of sp³-hybridized carbons (Fsp3) is 0.0714. The van der Waals surface area contributed by atoms with Crippen LogP contribution in [0.15, 0.2) is 97.1 Å². The Morgan fingerprint density at radius 3 is 2.21 bits per heavy atom. The summed E-state index contributed by atoms with van der Waals surface area (Å²) >= 11 is 0. The summed E-state index contributed by atoms with van der Waals surface area (Å²) in [6.45, 7) is 0.